The number of alkyl halides is 3. The number of rotatable bonds is 9. The summed E-state index contributed by atoms with van der Waals surface area (Å²) in [6.07, 6.45) is -0.0101. The first kappa shape index (κ1) is 29.6. The van der Waals surface area contributed by atoms with E-state index in [-0.39, 0.29) is 40.0 Å². The molecular weight excluding hydrogens is 581 g/mol. The highest BCUT2D eigenvalue weighted by Gasteiger charge is 2.32. The molecule has 17 heteroatoms. The number of hydrogen-bond donors (Lipinski definition) is 4. The SMILES string of the molecule is NC(=O)[C@H](CO)NC(=O)c1ccc(Nc2ncnc3c2c(F)cn3C[C@H]2CCN(c3ncc(C(F)(F)F)cn3)C2)c(F)c1. The third kappa shape index (κ3) is 6.30. The summed E-state index contributed by atoms with van der Waals surface area (Å²) >= 11 is 0. The van der Waals surface area contributed by atoms with Crippen molar-refractivity contribution in [2.75, 3.05) is 29.9 Å². The molecule has 4 aromatic rings. The van der Waals surface area contributed by atoms with Crippen molar-refractivity contribution in [1.82, 2.24) is 29.8 Å². The Labute approximate surface area is 239 Å². The molecule has 5 rings (SSSR count). The molecule has 5 N–H and O–H groups in total. The summed E-state index contributed by atoms with van der Waals surface area (Å²) < 4.78 is 70.1. The maximum Gasteiger partial charge on any atom is 0.419 e. The minimum atomic E-state index is -4.54. The lowest BCUT2D eigenvalue weighted by Crippen LogP contribution is -2.46. The molecule has 1 saturated heterocycles. The average molecular weight is 606 g/mol. The molecule has 0 aliphatic carbocycles. The molecule has 2 amide bonds. The minimum absolute atomic E-state index is 0.00288. The Hall–Kier alpha value is -4.93. The predicted octanol–water partition coefficient (Wildman–Crippen LogP) is 2.36. The summed E-state index contributed by atoms with van der Waals surface area (Å²) in [5.41, 5.74) is 4.10. The van der Waals surface area contributed by atoms with Crippen LogP contribution in [-0.4, -0.2) is 67.2 Å². The molecule has 1 aliphatic rings. The van der Waals surface area contributed by atoms with Gasteiger partial charge in [0.25, 0.3) is 5.91 Å². The summed E-state index contributed by atoms with van der Waals surface area (Å²) in [6, 6.07) is 2.02. The molecule has 0 saturated carbocycles. The number of amides is 2. The number of halogens is 5. The van der Waals surface area contributed by atoms with Crippen LogP contribution < -0.4 is 21.3 Å². The van der Waals surface area contributed by atoms with Crippen LogP contribution in [-0.2, 0) is 17.5 Å². The van der Waals surface area contributed by atoms with Gasteiger partial charge in [-0.25, -0.2) is 28.7 Å². The Balaban J connectivity index is 1.29. The van der Waals surface area contributed by atoms with E-state index in [1.165, 1.54) is 24.7 Å². The fraction of sp³-hybridized carbons (Fsp3) is 0.308. The Morgan fingerprint density at radius 1 is 1.12 bits per heavy atom. The van der Waals surface area contributed by atoms with Gasteiger partial charge in [-0.15, -0.1) is 0 Å². The van der Waals surface area contributed by atoms with Crippen molar-refractivity contribution < 1.29 is 36.6 Å². The summed E-state index contributed by atoms with van der Waals surface area (Å²) in [6.45, 7) is 0.513. The fourth-order valence-electron chi connectivity index (χ4n) is 4.72. The number of primary amides is 1. The first-order valence-electron chi connectivity index (χ1n) is 12.9. The van der Waals surface area contributed by atoms with Crippen LogP contribution in [0.4, 0.5) is 39.4 Å². The van der Waals surface area contributed by atoms with Crippen molar-refractivity contribution in [2.24, 2.45) is 11.7 Å². The molecule has 226 valence electrons. The van der Waals surface area contributed by atoms with E-state index in [2.05, 4.69) is 30.6 Å². The predicted molar refractivity (Wildman–Crippen MR) is 142 cm³/mol. The number of benzene rings is 1. The van der Waals surface area contributed by atoms with Crippen molar-refractivity contribution in [2.45, 2.75) is 25.2 Å². The molecule has 0 radical (unpaired) electrons. The average Bonchev–Trinajstić information content (AvgIpc) is 3.57. The highest BCUT2D eigenvalue weighted by atomic mass is 19.4. The second-order valence-corrected chi connectivity index (χ2v) is 9.85. The maximum atomic E-state index is 15.1. The number of carbonyl (C=O) groups is 2. The standard InChI is InChI=1S/C26H24F5N9O3/c27-16-5-14(24(43)38-19(11-41)21(32)42)1-2-18(16)37-22-20-17(28)10-40(23(20)36-12-35-22)9-13-3-4-39(8-13)25-33-6-15(7-34-25)26(29,30)31/h1-2,5-7,10,12-13,19,41H,3-4,8-9,11H2,(H2,32,42)(H,38,43)(H,35,36,37)/t13-,19-/m0/s1. The number of aromatic nitrogens is 5. The van der Waals surface area contributed by atoms with Gasteiger partial charge in [0.05, 0.1) is 23.2 Å². The molecule has 1 fully saturated rings. The fourth-order valence-corrected chi connectivity index (χ4v) is 4.72. The highest BCUT2D eigenvalue weighted by molar-refractivity contribution is 5.98. The number of carbonyl (C=O) groups excluding carboxylic acids is 2. The van der Waals surface area contributed by atoms with E-state index in [0.29, 0.717) is 26.1 Å². The largest absolute Gasteiger partial charge is 0.419 e. The highest BCUT2D eigenvalue weighted by Crippen LogP contribution is 2.31. The molecule has 12 nitrogen and oxygen atoms in total. The van der Waals surface area contributed by atoms with Crippen molar-refractivity contribution >= 4 is 40.3 Å². The topological polar surface area (TPSA) is 164 Å². The van der Waals surface area contributed by atoms with Gasteiger partial charge in [-0.2, -0.15) is 13.2 Å². The molecule has 1 aromatic carbocycles. The lowest BCUT2D eigenvalue weighted by molar-refractivity contribution is -0.138. The number of nitrogens with zero attached hydrogens (tertiary/aromatic N) is 6. The number of fused-ring (bicyclic) bond motifs is 1. The molecule has 3 aromatic heterocycles. The smallest absolute Gasteiger partial charge is 0.394 e. The lowest BCUT2D eigenvalue weighted by atomic mass is 10.1. The monoisotopic (exact) mass is 605 g/mol. The molecule has 0 bridgehead atoms. The van der Waals surface area contributed by atoms with E-state index in [1.54, 1.807) is 9.47 Å². The van der Waals surface area contributed by atoms with E-state index >= 15 is 4.39 Å². The maximum absolute atomic E-state index is 15.1. The summed E-state index contributed by atoms with van der Waals surface area (Å²) in [7, 11) is 0. The molecular formula is C26H24F5N9O3. The Morgan fingerprint density at radius 2 is 1.86 bits per heavy atom. The number of aliphatic hydroxyl groups excluding tert-OH is 1. The first-order chi connectivity index (χ1) is 20.4. The van der Waals surface area contributed by atoms with Crippen LogP contribution >= 0.6 is 0 Å². The van der Waals surface area contributed by atoms with E-state index in [9.17, 15) is 27.2 Å². The Morgan fingerprint density at radius 3 is 2.51 bits per heavy atom. The van der Waals surface area contributed by atoms with Gasteiger partial charge < -0.3 is 30.9 Å². The number of anilines is 3. The van der Waals surface area contributed by atoms with Gasteiger partial charge in [-0.3, -0.25) is 9.59 Å². The number of aliphatic hydroxyl groups is 1. The number of nitrogens with two attached hydrogens (primary N) is 1. The lowest BCUT2D eigenvalue weighted by Gasteiger charge is -2.17. The molecule has 43 heavy (non-hydrogen) atoms. The van der Waals surface area contributed by atoms with E-state index < -0.39 is 47.8 Å². The third-order valence-corrected chi connectivity index (χ3v) is 6.91. The number of nitrogens with one attached hydrogen (secondary N) is 2. The molecule has 0 spiro atoms. The van der Waals surface area contributed by atoms with Crippen LogP contribution in [0, 0.1) is 17.6 Å². The van der Waals surface area contributed by atoms with Gasteiger partial charge in [0.1, 0.15) is 29.7 Å². The summed E-state index contributed by atoms with van der Waals surface area (Å²) in [4.78, 5) is 41.2. The number of hydrogen-bond acceptors (Lipinski definition) is 9. The first-order valence-corrected chi connectivity index (χ1v) is 12.9. The van der Waals surface area contributed by atoms with E-state index in [0.717, 1.165) is 18.5 Å². The zero-order chi connectivity index (χ0) is 30.9. The zero-order valence-electron chi connectivity index (χ0n) is 22.1. The molecule has 0 unspecified atom stereocenters. The van der Waals surface area contributed by atoms with Gasteiger partial charge in [-0.1, -0.05) is 0 Å². The van der Waals surface area contributed by atoms with Crippen LogP contribution in [0.5, 0.6) is 0 Å². The third-order valence-electron chi connectivity index (χ3n) is 6.91. The van der Waals surface area contributed by atoms with Crippen LogP contribution in [0.25, 0.3) is 11.0 Å². The van der Waals surface area contributed by atoms with Gasteiger partial charge in [0.2, 0.25) is 11.9 Å². The van der Waals surface area contributed by atoms with E-state index in [1.807, 2.05) is 0 Å². The molecule has 4 heterocycles. The molecule has 1 aliphatic heterocycles. The van der Waals surface area contributed by atoms with Gasteiger partial charge >= 0.3 is 6.18 Å². The Kier molecular flexibility index (Phi) is 8.08. The quantitative estimate of drug-likeness (QED) is 0.210. The zero-order valence-corrected chi connectivity index (χ0v) is 22.1. The van der Waals surface area contributed by atoms with Crippen molar-refractivity contribution in [3.05, 3.63) is 65.9 Å². The van der Waals surface area contributed by atoms with E-state index in [4.69, 9.17) is 10.8 Å². The Bertz CT molecular complexity index is 1660. The van der Waals surface area contributed by atoms with Gasteiger partial charge in [-0.05, 0) is 30.5 Å². The summed E-state index contributed by atoms with van der Waals surface area (Å²) in [5, 5.41) is 14.1. The van der Waals surface area contributed by atoms with Crippen LogP contribution in [0.3, 0.4) is 0 Å². The van der Waals surface area contributed by atoms with Crippen molar-refractivity contribution in [3.63, 3.8) is 0 Å². The summed E-state index contributed by atoms with van der Waals surface area (Å²) in [5.74, 6) is -3.24. The van der Waals surface area contributed by atoms with Crippen molar-refractivity contribution in [3.8, 4) is 0 Å². The van der Waals surface area contributed by atoms with Crippen LogP contribution in [0.15, 0.2) is 43.1 Å². The van der Waals surface area contributed by atoms with Crippen LogP contribution in [0.1, 0.15) is 22.3 Å². The van der Waals surface area contributed by atoms with Gasteiger partial charge in [0.15, 0.2) is 5.82 Å². The second-order valence-electron chi connectivity index (χ2n) is 9.85. The van der Waals surface area contributed by atoms with Crippen molar-refractivity contribution in [1.29, 1.82) is 0 Å². The second kappa shape index (κ2) is 11.7. The minimum Gasteiger partial charge on any atom is -0.394 e. The normalized spacial score (nSPS) is 16.0. The van der Waals surface area contributed by atoms with Gasteiger partial charge in [0, 0.05) is 43.8 Å². The molecule has 2 atom stereocenters. The van der Waals surface area contributed by atoms with Crippen LogP contribution in [0.2, 0.25) is 0 Å².